The van der Waals surface area contributed by atoms with E-state index in [0.29, 0.717) is 18.9 Å². The van der Waals surface area contributed by atoms with E-state index in [1.54, 1.807) is 18.5 Å². The van der Waals surface area contributed by atoms with E-state index in [1.807, 2.05) is 0 Å². The Hall–Kier alpha value is -1.17. The molecule has 6 heteroatoms. The highest BCUT2D eigenvalue weighted by Gasteiger charge is 2.01. The Balaban J connectivity index is 2.23. The highest BCUT2D eigenvalue weighted by Crippen LogP contribution is 1.95. The molecule has 0 spiro atoms. The SMILES string of the molecule is CS(=O)(=O)CCCNc1ncccn1. The van der Waals surface area contributed by atoms with Gasteiger partial charge in [-0.1, -0.05) is 0 Å². The highest BCUT2D eigenvalue weighted by atomic mass is 32.2. The molecule has 1 heterocycles. The molecule has 0 saturated heterocycles. The van der Waals surface area contributed by atoms with Crippen molar-refractivity contribution in [1.29, 1.82) is 0 Å². The largest absolute Gasteiger partial charge is 0.354 e. The topological polar surface area (TPSA) is 72.0 Å². The van der Waals surface area contributed by atoms with Crippen LogP contribution in [0.15, 0.2) is 18.5 Å². The number of nitrogens with one attached hydrogen (secondary N) is 1. The zero-order valence-electron chi connectivity index (χ0n) is 7.97. The summed E-state index contributed by atoms with van der Waals surface area (Å²) in [6.45, 7) is 0.567. The van der Waals surface area contributed by atoms with Crippen molar-refractivity contribution in [1.82, 2.24) is 9.97 Å². The third kappa shape index (κ3) is 4.76. The van der Waals surface area contributed by atoms with E-state index in [1.165, 1.54) is 6.26 Å². The van der Waals surface area contributed by atoms with Crippen LogP contribution in [0.4, 0.5) is 5.95 Å². The van der Waals surface area contributed by atoms with E-state index in [9.17, 15) is 8.42 Å². The van der Waals surface area contributed by atoms with Gasteiger partial charge in [0.1, 0.15) is 9.84 Å². The Morgan fingerprint density at radius 3 is 2.57 bits per heavy atom. The van der Waals surface area contributed by atoms with Gasteiger partial charge in [-0.3, -0.25) is 0 Å². The van der Waals surface area contributed by atoms with Crippen molar-refractivity contribution in [2.45, 2.75) is 6.42 Å². The fourth-order valence-electron chi connectivity index (χ4n) is 0.925. The minimum Gasteiger partial charge on any atom is -0.354 e. The quantitative estimate of drug-likeness (QED) is 0.716. The van der Waals surface area contributed by atoms with Crippen LogP contribution in [0.5, 0.6) is 0 Å². The van der Waals surface area contributed by atoms with Crippen LogP contribution in [0.1, 0.15) is 6.42 Å². The van der Waals surface area contributed by atoms with Gasteiger partial charge in [-0.05, 0) is 12.5 Å². The van der Waals surface area contributed by atoms with E-state index in [-0.39, 0.29) is 5.75 Å². The molecule has 78 valence electrons. The van der Waals surface area contributed by atoms with Crippen LogP contribution >= 0.6 is 0 Å². The Labute approximate surface area is 83.5 Å². The molecule has 0 aliphatic carbocycles. The third-order valence-electron chi connectivity index (χ3n) is 1.54. The minimum atomic E-state index is -2.86. The van der Waals surface area contributed by atoms with Crippen LogP contribution in [0.3, 0.4) is 0 Å². The lowest BCUT2D eigenvalue weighted by Crippen LogP contribution is -2.10. The van der Waals surface area contributed by atoms with Gasteiger partial charge in [0.05, 0.1) is 5.75 Å². The molecule has 0 aliphatic heterocycles. The van der Waals surface area contributed by atoms with Gasteiger partial charge in [0.25, 0.3) is 0 Å². The second kappa shape index (κ2) is 4.90. The molecular formula is C8H13N3O2S. The summed E-state index contributed by atoms with van der Waals surface area (Å²) in [7, 11) is -2.86. The number of rotatable bonds is 5. The number of sulfone groups is 1. The van der Waals surface area contributed by atoms with E-state index < -0.39 is 9.84 Å². The molecule has 0 bridgehead atoms. The molecular weight excluding hydrogens is 202 g/mol. The Morgan fingerprint density at radius 2 is 2.00 bits per heavy atom. The van der Waals surface area contributed by atoms with E-state index in [4.69, 9.17) is 0 Å². The maximum absolute atomic E-state index is 10.8. The first-order valence-corrected chi connectivity index (χ1v) is 6.32. The summed E-state index contributed by atoms with van der Waals surface area (Å²) < 4.78 is 21.6. The molecule has 14 heavy (non-hydrogen) atoms. The van der Waals surface area contributed by atoms with Gasteiger partial charge in [0.2, 0.25) is 5.95 Å². The molecule has 5 nitrogen and oxygen atoms in total. The summed E-state index contributed by atoms with van der Waals surface area (Å²) in [5.74, 6) is 0.716. The molecule has 0 radical (unpaired) electrons. The van der Waals surface area contributed by atoms with Crippen LogP contribution in [0, 0.1) is 0 Å². The number of nitrogens with zero attached hydrogens (tertiary/aromatic N) is 2. The lowest BCUT2D eigenvalue weighted by molar-refractivity contribution is 0.600. The predicted molar refractivity (Wildman–Crippen MR) is 54.8 cm³/mol. The average Bonchev–Trinajstić information content (AvgIpc) is 2.13. The van der Waals surface area contributed by atoms with E-state index in [0.717, 1.165) is 0 Å². The number of aromatic nitrogens is 2. The average molecular weight is 215 g/mol. The molecule has 0 atom stereocenters. The number of hydrogen-bond donors (Lipinski definition) is 1. The molecule has 0 saturated carbocycles. The molecule has 0 fully saturated rings. The summed E-state index contributed by atoms with van der Waals surface area (Å²) in [4.78, 5) is 7.88. The van der Waals surface area contributed by atoms with Crippen molar-refractivity contribution in [3.63, 3.8) is 0 Å². The summed E-state index contributed by atoms with van der Waals surface area (Å²) in [5, 5.41) is 2.93. The van der Waals surface area contributed by atoms with E-state index >= 15 is 0 Å². The lowest BCUT2D eigenvalue weighted by atomic mass is 10.5. The molecule has 1 rings (SSSR count). The van der Waals surface area contributed by atoms with Crippen LogP contribution in [-0.4, -0.2) is 36.9 Å². The van der Waals surface area contributed by atoms with Crippen LogP contribution in [0.2, 0.25) is 0 Å². The molecule has 0 aromatic carbocycles. The van der Waals surface area contributed by atoms with Gasteiger partial charge in [-0.25, -0.2) is 18.4 Å². The maximum atomic E-state index is 10.8. The third-order valence-corrected chi connectivity index (χ3v) is 2.57. The Morgan fingerprint density at radius 1 is 1.36 bits per heavy atom. The first kappa shape index (κ1) is 10.9. The minimum absolute atomic E-state index is 0.187. The summed E-state index contributed by atoms with van der Waals surface area (Å²) in [6, 6.07) is 1.72. The van der Waals surface area contributed by atoms with Crippen LogP contribution < -0.4 is 5.32 Å². The molecule has 1 N–H and O–H groups in total. The van der Waals surface area contributed by atoms with E-state index in [2.05, 4.69) is 15.3 Å². The monoisotopic (exact) mass is 215 g/mol. The van der Waals surface area contributed by atoms with Crippen molar-refractivity contribution < 1.29 is 8.42 Å². The summed E-state index contributed by atoms with van der Waals surface area (Å²) in [5.41, 5.74) is 0. The van der Waals surface area contributed by atoms with Crippen molar-refractivity contribution in [2.75, 3.05) is 23.9 Å². The first-order chi connectivity index (χ1) is 6.58. The Kier molecular flexibility index (Phi) is 3.82. The molecule has 0 amide bonds. The summed E-state index contributed by atoms with van der Waals surface area (Å²) >= 11 is 0. The van der Waals surface area contributed by atoms with Gasteiger partial charge in [-0.2, -0.15) is 0 Å². The standard InChI is InChI=1S/C8H13N3O2S/c1-14(12,13)7-3-6-11-8-9-4-2-5-10-8/h2,4-5H,3,6-7H2,1H3,(H,9,10,11). The molecule has 0 unspecified atom stereocenters. The highest BCUT2D eigenvalue weighted by molar-refractivity contribution is 7.90. The van der Waals surface area contributed by atoms with Crippen molar-refractivity contribution in [2.24, 2.45) is 0 Å². The second-order valence-corrected chi connectivity index (χ2v) is 5.24. The van der Waals surface area contributed by atoms with Crippen LogP contribution in [0.25, 0.3) is 0 Å². The number of hydrogen-bond acceptors (Lipinski definition) is 5. The second-order valence-electron chi connectivity index (χ2n) is 2.98. The van der Waals surface area contributed by atoms with Gasteiger partial charge in [0.15, 0.2) is 0 Å². The normalized spacial score (nSPS) is 11.2. The zero-order chi connectivity index (χ0) is 10.4. The fraction of sp³-hybridized carbons (Fsp3) is 0.500. The summed E-state index contributed by atoms with van der Waals surface area (Å²) in [6.07, 6.45) is 5.06. The number of anilines is 1. The zero-order valence-corrected chi connectivity index (χ0v) is 8.79. The molecule has 1 aromatic rings. The maximum Gasteiger partial charge on any atom is 0.222 e. The van der Waals surface area contributed by atoms with Crippen molar-refractivity contribution in [3.05, 3.63) is 18.5 Å². The Bertz CT molecular complexity index is 363. The van der Waals surface area contributed by atoms with Crippen LogP contribution in [-0.2, 0) is 9.84 Å². The first-order valence-electron chi connectivity index (χ1n) is 4.26. The fourth-order valence-corrected chi connectivity index (χ4v) is 1.59. The lowest BCUT2D eigenvalue weighted by Gasteiger charge is -2.02. The van der Waals surface area contributed by atoms with Gasteiger partial charge in [0, 0.05) is 25.2 Å². The smallest absolute Gasteiger partial charge is 0.222 e. The van der Waals surface area contributed by atoms with Gasteiger partial charge < -0.3 is 5.32 Å². The van der Waals surface area contributed by atoms with Gasteiger partial charge >= 0.3 is 0 Å². The van der Waals surface area contributed by atoms with Crippen molar-refractivity contribution >= 4 is 15.8 Å². The van der Waals surface area contributed by atoms with Crippen molar-refractivity contribution in [3.8, 4) is 0 Å². The molecule has 1 aromatic heterocycles. The predicted octanol–water partition coefficient (Wildman–Crippen LogP) is 0.323. The molecule has 0 aliphatic rings. The van der Waals surface area contributed by atoms with Gasteiger partial charge in [-0.15, -0.1) is 0 Å².